The monoisotopic (exact) mass is 248 g/mol. The minimum absolute atomic E-state index is 0.0120. The number of benzene rings is 1. The van der Waals surface area contributed by atoms with Crippen LogP contribution in [-0.2, 0) is 0 Å². The van der Waals surface area contributed by atoms with Crippen LogP contribution in [0.4, 0.5) is 5.69 Å². The van der Waals surface area contributed by atoms with Gasteiger partial charge in [-0.3, -0.25) is 0 Å². The first kappa shape index (κ1) is 11.7. The van der Waals surface area contributed by atoms with E-state index in [1.54, 1.807) is 7.11 Å². The lowest BCUT2D eigenvalue weighted by atomic mass is 9.89. The molecule has 0 bridgehead atoms. The molecule has 2 aliphatic rings. The Kier molecular flexibility index (Phi) is 3.04. The second-order valence-corrected chi connectivity index (χ2v) is 5.07. The Labute approximate surface area is 108 Å². The van der Waals surface area contributed by atoms with Crippen molar-refractivity contribution in [2.24, 2.45) is 0 Å². The van der Waals surface area contributed by atoms with Gasteiger partial charge in [0.2, 0.25) is 0 Å². The summed E-state index contributed by atoms with van der Waals surface area (Å²) in [6, 6.07) is 5.98. The Balaban J connectivity index is 1.88. The molecule has 0 unspecified atom stereocenters. The molecule has 2 N–H and O–H groups in total. The molecule has 0 aromatic heterocycles. The van der Waals surface area contributed by atoms with Gasteiger partial charge in [-0.2, -0.15) is 0 Å². The van der Waals surface area contributed by atoms with Crippen molar-refractivity contribution in [2.75, 3.05) is 32.1 Å². The van der Waals surface area contributed by atoms with Crippen LogP contribution in [0.2, 0.25) is 0 Å². The van der Waals surface area contributed by atoms with Crippen molar-refractivity contribution in [3.63, 3.8) is 0 Å². The predicted molar refractivity (Wildman–Crippen MR) is 71.6 cm³/mol. The van der Waals surface area contributed by atoms with Crippen molar-refractivity contribution < 1.29 is 9.47 Å². The maximum atomic E-state index is 6.33. The molecule has 0 radical (unpaired) electrons. The van der Waals surface area contributed by atoms with E-state index in [4.69, 9.17) is 9.47 Å². The molecule has 18 heavy (non-hydrogen) atoms. The number of hydrogen-bond donors (Lipinski definition) is 2. The van der Waals surface area contributed by atoms with E-state index in [-0.39, 0.29) is 5.60 Å². The third-order valence-corrected chi connectivity index (χ3v) is 3.92. The number of piperidine rings is 1. The summed E-state index contributed by atoms with van der Waals surface area (Å²) >= 11 is 0. The Morgan fingerprint density at radius 2 is 1.94 bits per heavy atom. The molecular formula is C14H20N2O2. The van der Waals surface area contributed by atoms with Crippen LogP contribution < -0.4 is 20.1 Å². The van der Waals surface area contributed by atoms with Crippen LogP contribution in [0, 0.1) is 0 Å². The number of nitrogens with one attached hydrogen (secondary N) is 2. The summed E-state index contributed by atoms with van der Waals surface area (Å²) in [6.45, 7) is 3.05. The highest BCUT2D eigenvalue weighted by Crippen LogP contribution is 2.38. The van der Waals surface area contributed by atoms with Crippen LogP contribution in [-0.4, -0.2) is 32.3 Å². The Morgan fingerprint density at radius 3 is 2.72 bits per heavy atom. The van der Waals surface area contributed by atoms with Gasteiger partial charge in [0.05, 0.1) is 12.8 Å². The largest absolute Gasteiger partial charge is 0.497 e. The van der Waals surface area contributed by atoms with Crippen LogP contribution in [0.25, 0.3) is 0 Å². The van der Waals surface area contributed by atoms with Crippen molar-refractivity contribution in [1.29, 1.82) is 0 Å². The van der Waals surface area contributed by atoms with Gasteiger partial charge in [-0.1, -0.05) is 0 Å². The van der Waals surface area contributed by atoms with E-state index in [1.165, 1.54) is 0 Å². The van der Waals surface area contributed by atoms with Crippen molar-refractivity contribution in [3.8, 4) is 11.5 Å². The zero-order chi connectivity index (χ0) is 12.4. The van der Waals surface area contributed by atoms with Gasteiger partial charge in [0.1, 0.15) is 17.1 Å². The first-order valence-corrected chi connectivity index (χ1v) is 6.63. The molecule has 1 spiro atoms. The van der Waals surface area contributed by atoms with E-state index in [9.17, 15) is 0 Å². The number of methoxy groups -OCH3 is 1. The van der Waals surface area contributed by atoms with Gasteiger partial charge < -0.3 is 20.1 Å². The average molecular weight is 248 g/mol. The summed E-state index contributed by atoms with van der Waals surface area (Å²) in [7, 11) is 1.69. The highest BCUT2D eigenvalue weighted by atomic mass is 16.5. The van der Waals surface area contributed by atoms with E-state index in [0.717, 1.165) is 56.1 Å². The predicted octanol–water partition coefficient (Wildman–Crippen LogP) is 2.01. The third-order valence-electron chi connectivity index (χ3n) is 3.92. The van der Waals surface area contributed by atoms with Gasteiger partial charge in [0, 0.05) is 19.0 Å². The molecule has 4 heteroatoms. The number of hydrogen-bond acceptors (Lipinski definition) is 4. The van der Waals surface area contributed by atoms with Gasteiger partial charge in [0.25, 0.3) is 0 Å². The fourth-order valence-corrected chi connectivity index (χ4v) is 2.81. The first-order chi connectivity index (χ1) is 8.81. The molecule has 3 rings (SSSR count). The van der Waals surface area contributed by atoms with Crippen molar-refractivity contribution in [1.82, 2.24) is 5.32 Å². The lowest BCUT2D eigenvalue weighted by Gasteiger charge is -2.36. The fourth-order valence-electron chi connectivity index (χ4n) is 2.81. The highest BCUT2D eigenvalue weighted by Gasteiger charge is 2.36. The second kappa shape index (κ2) is 4.69. The van der Waals surface area contributed by atoms with Crippen LogP contribution in [0.5, 0.6) is 11.5 Å². The van der Waals surface area contributed by atoms with Crippen molar-refractivity contribution in [3.05, 3.63) is 18.2 Å². The summed E-state index contributed by atoms with van der Waals surface area (Å²) in [6.07, 6.45) is 3.23. The smallest absolute Gasteiger partial charge is 0.143 e. The summed E-state index contributed by atoms with van der Waals surface area (Å²) in [4.78, 5) is 0. The van der Waals surface area contributed by atoms with E-state index in [0.29, 0.717) is 0 Å². The zero-order valence-electron chi connectivity index (χ0n) is 10.8. The van der Waals surface area contributed by atoms with Crippen molar-refractivity contribution in [2.45, 2.75) is 24.9 Å². The molecular weight excluding hydrogens is 228 g/mol. The molecule has 1 saturated heterocycles. The zero-order valence-corrected chi connectivity index (χ0v) is 10.8. The fraction of sp³-hybridized carbons (Fsp3) is 0.571. The number of ether oxygens (including phenoxy) is 2. The average Bonchev–Trinajstić information content (AvgIpc) is 2.58. The lowest BCUT2D eigenvalue weighted by molar-refractivity contribution is 0.0355. The lowest BCUT2D eigenvalue weighted by Crippen LogP contribution is -2.46. The highest BCUT2D eigenvalue weighted by molar-refractivity contribution is 5.60. The quantitative estimate of drug-likeness (QED) is 0.798. The maximum absolute atomic E-state index is 6.33. The van der Waals surface area contributed by atoms with Crippen LogP contribution >= 0.6 is 0 Å². The number of fused-ring (bicyclic) bond motifs is 1. The number of rotatable bonds is 1. The standard InChI is InChI=1S/C14H20N2O2/c1-17-11-2-3-13-12(10-11)16-9-6-14(18-13)4-7-15-8-5-14/h2-3,10,15-16H,4-9H2,1H3. The van der Waals surface area contributed by atoms with Gasteiger partial charge in [-0.25, -0.2) is 0 Å². The molecule has 1 aromatic carbocycles. The van der Waals surface area contributed by atoms with Crippen molar-refractivity contribution >= 4 is 5.69 Å². The summed E-state index contributed by atoms with van der Waals surface area (Å²) < 4.78 is 11.6. The van der Waals surface area contributed by atoms with Gasteiger partial charge >= 0.3 is 0 Å². The molecule has 0 atom stereocenters. The van der Waals surface area contributed by atoms with E-state index < -0.39 is 0 Å². The SMILES string of the molecule is COc1ccc2c(c1)NCCC1(CCNCC1)O2. The first-order valence-electron chi connectivity index (χ1n) is 6.63. The van der Waals surface area contributed by atoms with Gasteiger partial charge in [-0.15, -0.1) is 0 Å². The molecule has 2 aliphatic heterocycles. The maximum Gasteiger partial charge on any atom is 0.143 e. The second-order valence-electron chi connectivity index (χ2n) is 5.07. The van der Waals surface area contributed by atoms with E-state index in [2.05, 4.69) is 10.6 Å². The van der Waals surface area contributed by atoms with E-state index in [1.807, 2.05) is 18.2 Å². The molecule has 0 amide bonds. The molecule has 1 aromatic rings. The third kappa shape index (κ3) is 2.12. The minimum Gasteiger partial charge on any atom is -0.497 e. The van der Waals surface area contributed by atoms with Crippen LogP contribution in [0.15, 0.2) is 18.2 Å². The molecule has 1 fully saturated rings. The van der Waals surface area contributed by atoms with Crippen LogP contribution in [0.3, 0.4) is 0 Å². The molecule has 2 heterocycles. The summed E-state index contributed by atoms with van der Waals surface area (Å²) in [5.74, 6) is 1.82. The van der Waals surface area contributed by atoms with E-state index >= 15 is 0 Å². The normalized spacial score (nSPS) is 21.4. The van der Waals surface area contributed by atoms with Gasteiger partial charge in [-0.05, 0) is 38.1 Å². The van der Waals surface area contributed by atoms with Gasteiger partial charge in [0.15, 0.2) is 0 Å². The molecule has 98 valence electrons. The van der Waals surface area contributed by atoms with Crippen LogP contribution in [0.1, 0.15) is 19.3 Å². The topological polar surface area (TPSA) is 42.5 Å². The summed E-state index contributed by atoms with van der Waals surface area (Å²) in [5, 5.41) is 6.84. The summed E-state index contributed by atoms with van der Waals surface area (Å²) in [5.41, 5.74) is 1.06. The Morgan fingerprint density at radius 1 is 1.17 bits per heavy atom. The molecule has 0 saturated carbocycles. The molecule has 0 aliphatic carbocycles. The Bertz CT molecular complexity index is 428. The Hall–Kier alpha value is -1.42. The number of anilines is 1. The minimum atomic E-state index is 0.0120. The molecule has 4 nitrogen and oxygen atoms in total.